The summed E-state index contributed by atoms with van der Waals surface area (Å²) in [5.74, 6) is -1.90. The number of nitrogens with zero attached hydrogens (tertiary/aromatic N) is 2. The van der Waals surface area contributed by atoms with Crippen LogP contribution in [0.3, 0.4) is 0 Å². The first-order valence-corrected chi connectivity index (χ1v) is 9.10. The third-order valence-corrected chi connectivity index (χ3v) is 4.81. The predicted molar refractivity (Wildman–Crippen MR) is 99.7 cm³/mol. The van der Waals surface area contributed by atoms with Crippen LogP contribution in [0, 0.1) is 0 Å². The molecule has 0 spiro atoms. The molecule has 0 aliphatic heterocycles. The second kappa shape index (κ2) is 8.87. The average Bonchev–Trinajstić information content (AvgIpc) is 2.60. The van der Waals surface area contributed by atoms with Crippen LogP contribution in [0.25, 0.3) is 10.8 Å². The van der Waals surface area contributed by atoms with E-state index in [0.29, 0.717) is 0 Å². The van der Waals surface area contributed by atoms with Crippen molar-refractivity contribution in [2.75, 3.05) is 0 Å². The van der Waals surface area contributed by atoms with Crippen molar-refractivity contribution in [3.63, 3.8) is 0 Å². The van der Waals surface area contributed by atoms with Gasteiger partial charge in [-0.15, -0.1) is 5.11 Å². The van der Waals surface area contributed by atoms with Gasteiger partial charge in [-0.2, -0.15) is 5.11 Å². The Bertz CT molecular complexity index is 1210. The van der Waals surface area contributed by atoms with Crippen LogP contribution >= 0.6 is 11.6 Å². The molecule has 0 amide bonds. The summed E-state index contributed by atoms with van der Waals surface area (Å²) in [5, 5.41) is 29.4. The molecule has 8 nitrogen and oxygen atoms in total. The maximum absolute atomic E-state index is 12.5. The number of rotatable bonds is 4. The Morgan fingerprint density at radius 2 is 1.68 bits per heavy atom. The Kier molecular flexibility index (Phi) is 7.21. The van der Waals surface area contributed by atoms with Crippen LogP contribution in [0.15, 0.2) is 63.7 Å². The van der Waals surface area contributed by atoms with Crippen LogP contribution in [-0.4, -0.2) is 69.5 Å². The normalized spacial score (nSPS) is 11.5. The topological polar surface area (TPSA) is 142 Å². The van der Waals surface area contributed by atoms with Gasteiger partial charge in [-0.25, -0.2) is 13.2 Å². The molecule has 11 heteroatoms. The number of hydrogen-bond donors (Lipinski definition) is 1. The van der Waals surface area contributed by atoms with Crippen LogP contribution < -0.4 is 5.11 Å². The minimum Gasteiger partial charge on any atom is -0.871 e. The minimum atomic E-state index is -4.76. The van der Waals surface area contributed by atoms with E-state index in [1.165, 1.54) is 42.5 Å². The number of carbonyl (C=O) groups is 1. The van der Waals surface area contributed by atoms with Gasteiger partial charge in [0, 0.05) is 5.02 Å². The van der Waals surface area contributed by atoms with E-state index >= 15 is 0 Å². The molecule has 3 aromatic rings. The zero-order chi connectivity index (χ0) is 19.8. The second-order valence-electron chi connectivity index (χ2n) is 5.39. The number of benzene rings is 3. The average molecular weight is 492 g/mol. The van der Waals surface area contributed by atoms with Gasteiger partial charge in [-0.05, 0) is 41.1 Å². The molecule has 3 aromatic carbocycles. The van der Waals surface area contributed by atoms with Gasteiger partial charge in [0.15, 0.2) is 0 Å². The van der Waals surface area contributed by atoms with E-state index in [9.17, 15) is 22.9 Å². The van der Waals surface area contributed by atoms with E-state index in [4.69, 9.17) is 16.7 Å². The van der Waals surface area contributed by atoms with Crippen molar-refractivity contribution >= 4 is 95.3 Å². The van der Waals surface area contributed by atoms with Crippen molar-refractivity contribution in [1.82, 2.24) is 0 Å². The Morgan fingerprint density at radius 1 is 1.00 bits per heavy atom. The van der Waals surface area contributed by atoms with Crippen molar-refractivity contribution in [1.29, 1.82) is 0 Å². The summed E-state index contributed by atoms with van der Waals surface area (Å²) in [6, 6.07) is 10.1. The monoisotopic (exact) mass is 492 g/mol. The molecule has 0 aromatic heterocycles. The van der Waals surface area contributed by atoms with Gasteiger partial charge in [-0.1, -0.05) is 35.5 Å². The molecular formula is C17H9ClN2O6SSr. The number of aromatic carboxylic acids is 1. The third-order valence-electron chi connectivity index (χ3n) is 3.68. The molecule has 0 heterocycles. The number of hydrogen-bond acceptors (Lipinski definition) is 7. The summed E-state index contributed by atoms with van der Waals surface area (Å²) in [5.41, 5.74) is -0.360. The van der Waals surface area contributed by atoms with Gasteiger partial charge in [0.05, 0.1) is 16.1 Å². The van der Waals surface area contributed by atoms with Crippen molar-refractivity contribution in [2.45, 2.75) is 4.90 Å². The van der Waals surface area contributed by atoms with E-state index in [0.717, 1.165) is 6.07 Å². The number of fused-ring (bicyclic) bond motifs is 1. The van der Waals surface area contributed by atoms with Gasteiger partial charge in [0.1, 0.15) is 15.8 Å². The molecule has 0 bridgehead atoms. The van der Waals surface area contributed by atoms with Crippen molar-refractivity contribution in [2.24, 2.45) is 10.2 Å². The smallest absolute Gasteiger partial charge is 0.871 e. The van der Waals surface area contributed by atoms with Gasteiger partial charge in [-0.3, -0.25) is 0 Å². The van der Waals surface area contributed by atoms with Crippen LogP contribution in [-0.2, 0) is 10.1 Å². The maximum atomic E-state index is 12.5. The number of azo groups is 1. The fraction of sp³-hybridized carbons (Fsp3) is 0. The summed E-state index contributed by atoms with van der Waals surface area (Å²) in [6.07, 6.45) is 0. The van der Waals surface area contributed by atoms with E-state index in [-0.39, 0.29) is 78.2 Å². The van der Waals surface area contributed by atoms with Crippen LogP contribution in [0.2, 0.25) is 5.02 Å². The predicted octanol–water partition coefficient (Wildman–Crippen LogP) is 3.20. The summed E-state index contributed by atoms with van der Waals surface area (Å²) in [7, 11) is -4.76. The van der Waals surface area contributed by atoms with Crippen molar-refractivity contribution < 1.29 is 28.0 Å². The Labute approximate surface area is 201 Å². The number of carboxylic acid groups (broad SMARTS) is 1. The molecule has 0 fully saturated rings. The molecule has 0 atom stereocenters. The molecule has 0 unspecified atom stereocenters. The molecule has 0 aliphatic carbocycles. The molecule has 138 valence electrons. The number of halogens is 1. The maximum Gasteiger partial charge on any atom is 2.00 e. The molecule has 0 aliphatic rings. The van der Waals surface area contributed by atoms with Crippen LogP contribution in [0.5, 0.6) is 5.75 Å². The van der Waals surface area contributed by atoms with Crippen molar-refractivity contribution in [3.05, 3.63) is 59.1 Å². The van der Waals surface area contributed by atoms with Crippen molar-refractivity contribution in [3.8, 4) is 5.75 Å². The second-order valence-corrected chi connectivity index (χ2v) is 7.17. The minimum absolute atomic E-state index is 0. The molecule has 0 radical (unpaired) electrons. The quantitative estimate of drug-likeness (QED) is 0.337. The fourth-order valence-corrected chi connectivity index (χ4v) is 3.32. The van der Waals surface area contributed by atoms with Gasteiger partial charge in [0.2, 0.25) is 0 Å². The third kappa shape index (κ3) is 4.71. The van der Waals surface area contributed by atoms with Gasteiger partial charge in [0.25, 0.3) is 0 Å². The van der Waals surface area contributed by atoms with E-state index < -0.39 is 26.7 Å². The first kappa shape index (κ1) is 22.8. The zero-order valence-corrected chi connectivity index (χ0v) is 19.0. The standard InChI is InChI=1S/C17H11ClN2O6S.Sr/c18-9-4-5-12(17(22)23)14(8-9)20-19-13-7-6-10-11(16(13)21)2-1-3-15(10)27(24,25)26;/h1-8,21H,(H,22,23)(H,24,25,26);/q;+2/p-2. The number of carboxylic acids is 1. The summed E-state index contributed by atoms with van der Waals surface area (Å²) < 4.78 is 34.0. The van der Waals surface area contributed by atoms with Gasteiger partial charge >= 0.3 is 51.5 Å². The molecule has 0 saturated heterocycles. The molecular weight excluding hydrogens is 483 g/mol. The Hall–Kier alpha value is -1.53. The Morgan fingerprint density at radius 3 is 2.32 bits per heavy atom. The molecule has 0 saturated carbocycles. The van der Waals surface area contributed by atoms with Crippen LogP contribution in [0.4, 0.5) is 11.4 Å². The summed E-state index contributed by atoms with van der Waals surface area (Å²) in [6.45, 7) is 0. The van der Waals surface area contributed by atoms with E-state index in [2.05, 4.69) is 10.2 Å². The fourth-order valence-electron chi connectivity index (χ4n) is 2.46. The zero-order valence-electron chi connectivity index (χ0n) is 14.0. The first-order valence-electron chi connectivity index (χ1n) is 7.31. The SMILES string of the molecule is O=C(O)c1ccc(Cl)cc1N=Nc1ccc2c(S(=O)(=O)[O-])cccc2c1[O-].[Sr+2]. The molecule has 28 heavy (non-hydrogen) atoms. The molecule has 3 rings (SSSR count). The van der Waals surface area contributed by atoms with E-state index in [1.54, 1.807) is 0 Å². The Balaban J connectivity index is 0.00000280. The van der Waals surface area contributed by atoms with Gasteiger partial charge < -0.3 is 14.8 Å². The largest absolute Gasteiger partial charge is 2.00 e. The van der Waals surface area contributed by atoms with E-state index in [1.807, 2.05) is 0 Å². The summed E-state index contributed by atoms with van der Waals surface area (Å²) >= 11 is 5.83. The van der Waals surface area contributed by atoms with Crippen LogP contribution in [0.1, 0.15) is 10.4 Å². The molecule has 1 N–H and O–H groups in total. The first-order chi connectivity index (χ1) is 12.7. The summed E-state index contributed by atoms with van der Waals surface area (Å²) in [4.78, 5) is 10.7.